The number of thiophene rings is 1. The predicted molar refractivity (Wildman–Crippen MR) is 124 cm³/mol. The molecular weight excluding hydrogens is 418 g/mol. The molecule has 1 aliphatic rings. The van der Waals surface area contributed by atoms with Gasteiger partial charge in [0.2, 0.25) is 0 Å². The third kappa shape index (κ3) is 5.03. The van der Waals surface area contributed by atoms with Gasteiger partial charge in [-0.2, -0.15) is 5.10 Å². The minimum Gasteiger partial charge on any atom is -0.351 e. The summed E-state index contributed by atoms with van der Waals surface area (Å²) in [5, 5.41) is 9.51. The van der Waals surface area contributed by atoms with Gasteiger partial charge in [-0.15, -0.1) is 11.3 Å². The Hall–Kier alpha value is -1.93. The first-order valence-corrected chi connectivity index (χ1v) is 11.6. The molecule has 2 aromatic heterocycles. The van der Waals surface area contributed by atoms with Gasteiger partial charge in [0.25, 0.3) is 5.91 Å². The molecule has 1 saturated heterocycles. The van der Waals surface area contributed by atoms with Crippen molar-refractivity contribution in [2.24, 2.45) is 0 Å². The molecule has 30 heavy (non-hydrogen) atoms. The Morgan fingerprint density at radius 3 is 2.67 bits per heavy atom. The summed E-state index contributed by atoms with van der Waals surface area (Å²) in [5.41, 5.74) is 2.08. The van der Waals surface area contributed by atoms with Crippen molar-refractivity contribution in [2.75, 3.05) is 46.3 Å². The molecule has 1 amide bonds. The minimum atomic E-state index is 0.00650. The number of halogens is 1. The second-order valence-electron chi connectivity index (χ2n) is 7.95. The summed E-state index contributed by atoms with van der Waals surface area (Å²) in [5.74, 6) is 0.00650. The summed E-state index contributed by atoms with van der Waals surface area (Å²) < 4.78 is 1.97. The number of aromatic nitrogens is 2. The van der Waals surface area contributed by atoms with Crippen LogP contribution in [0.1, 0.15) is 27.3 Å². The molecule has 1 aromatic carbocycles. The molecule has 0 atom stereocenters. The molecule has 0 aliphatic carbocycles. The maximum Gasteiger partial charge on any atom is 0.261 e. The molecule has 1 fully saturated rings. The molecular formula is C22H28ClN5OS. The van der Waals surface area contributed by atoms with E-state index in [-0.39, 0.29) is 5.91 Å². The molecule has 0 spiro atoms. The Labute approximate surface area is 186 Å². The fourth-order valence-corrected chi connectivity index (χ4v) is 4.96. The van der Waals surface area contributed by atoms with Gasteiger partial charge < -0.3 is 15.1 Å². The molecule has 160 valence electrons. The zero-order valence-corrected chi connectivity index (χ0v) is 19.1. The molecule has 6 nitrogen and oxygen atoms in total. The summed E-state index contributed by atoms with van der Waals surface area (Å²) in [4.78, 5) is 19.3. The van der Waals surface area contributed by atoms with Gasteiger partial charge in [0.1, 0.15) is 4.83 Å². The van der Waals surface area contributed by atoms with Crippen molar-refractivity contribution in [3.63, 3.8) is 0 Å². The normalized spacial score (nSPS) is 15.7. The second-order valence-corrected chi connectivity index (χ2v) is 9.42. The number of nitrogens with zero attached hydrogens (tertiary/aromatic N) is 4. The van der Waals surface area contributed by atoms with Crippen molar-refractivity contribution < 1.29 is 4.79 Å². The quantitative estimate of drug-likeness (QED) is 0.566. The van der Waals surface area contributed by atoms with Crippen LogP contribution in [0, 0.1) is 6.92 Å². The van der Waals surface area contributed by atoms with Gasteiger partial charge in [0.05, 0.1) is 17.1 Å². The number of likely N-dealkylation sites (N-methyl/N-ethyl adjacent to an activating group) is 1. The number of aryl methyl sites for hydroxylation is 1. The summed E-state index contributed by atoms with van der Waals surface area (Å²) in [6.07, 6.45) is 0.976. The van der Waals surface area contributed by atoms with Crippen LogP contribution in [0.3, 0.4) is 0 Å². The van der Waals surface area contributed by atoms with Gasteiger partial charge in [0, 0.05) is 43.1 Å². The van der Waals surface area contributed by atoms with Crippen LogP contribution in [-0.2, 0) is 6.54 Å². The Bertz CT molecular complexity index is 1000. The van der Waals surface area contributed by atoms with Crippen LogP contribution in [0.25, 0.3) is 10.2 Å². The Morgan fingerprint density at radius 1 is 1.20 bits per heavy atom. The number of rotatable bonds is 7. The van der Waals surface area contributed by atoms with E-state index < -0.39 is 0 Å². The fraction of sp³-hybridized carbons (Fsp3) is 0.455. The number of fused-ring (bicyclic) bond motifs is 1. The number of nitrogens with one attached hydrogen (secondary N) is 1. The molecule has 0 bridgehead atoms. The van der Waals surface area contributed by atoms with E-state index in [1.807, 2.05) is 41.9 Å². The molecule has 0 unspecified atom stereocenters. The van der Waals surface area contributed by atoms with Crippen LogP contribution in [0.4, 0.5) is 0 Å². The number of hydrogen-bond acceptors (Lipinski definition) is 5. The standard InChI is InChI=1S/C22H28ClN5OS/c1-16-19-14-20(21(29)24-8-3-9-27-12-10-26(2)11-13-27)30-22(19)28(25-16)15-17-4-6-18(23)7-5-17/h4-7,14H,3,8-13,15H2,1-2H3,(H,24,29). The van der Waals surface area contributed by atoms with E-state index in [0.29, 0.717) is 13.1 Å². The number of carbonyl (C=O) groups excluding carboxylic acids is 1. The third-order valence-corrected chi connectivity index (χ3v) is 7.01. The smallest absolute Gasteiger partial charge is 0.261 e. The minimum absolute atomic E-state index is 0.00650. The van der Waals surface area contributed by atoms with Crippen LogP contribution in [0.5, 0.6) is 0 Å². The first kappa shape index (κ1) is 21.3. The van der Waals surface area contributed by atoms with Crippen LogP contribution in [0.15, 0.2) is 30.3 Å². The summed E-state index contributed by atoms with van der Waals surface area (Å²) >= 11 is 7.49. The molecule has 0 saturated carbocycles. The highest BCUT2D eigenvalue weighted by atomic mass is 35.5. The van der Waals surface area contributed by atoms with Crippen molar-refractivity contribution in [1.82, 2.24) is 24.9 Å². The Morgan fingerprint density at radius 2 is 1.93 bits per heavy atom. The lowest BCUT2D eigenvalue weighted by atomic mass is 10.2. The average Bonchev–Trinajstić information content (AvgIpc) is 3.30. The fourth-order valence-electron chi connectivity index (χ4n) is 3.76. The van der Waals surface area contributed by atoms with Crippen molar-refractivity contribution in [1.29, 1.82) is 0 Å². The van der Waals surface area contributed by atoms with Gasteiger partial charge in [-0.3, -0.25) is 9.48 Å². The van der Waals surface area contributed by atoms with Gasteiger partial charge in [-0.1, -0.05) is 23.7 Å². The topological polar surface area (TPSA) is 53.4 Å². The van der Waals surface area contributed by atoms with Crippen molar-refractivity contribution in [3.05, 3.63) is 51.5 Å². The van der Waals surface area contributed by atoms with E-state index in [4.69, 9.17) is 11.6 Å². The number of hydrogen-bond donors (Lipinski definition) is 1. The number of piperazine rings is 1. The second kappa shape index (κ2) is 9.47. The monoisotopic (exact) mass is 445 g/mol. The maximum absolute atomic E-state index is 12.7. The van der Waals surface area contributed by atoms with E-state index in [9.17, 15) is 4.79 Å². The number of benzene rings is 1. The highest BCUT2D eigenvalue weighted by molar-refractivity contribution is 7.20. The van der Waals surface area contributed by atoms with Crippen LogP contribution < -0.4 is 5.32 Å². The van der Waals surface area contributed by atoms with E-state index in [1.54, 1.807) is 0 Å². The lowest BCUT2D eigenvalue weighted by Gasteiger charge is -2.32. The van der Waals surface area contributed by atoms with E-state index >= 15 is 0 Å². The number of carbonyl (C=O) groups is 1. The maximum atomic E-state index is 12.7. The largest absolute Gasteiger partial charge is 0.351 e. The molecule has 1 aliphatic heterocycles. The molecule has 3 aromatic rings. The molecule has 0 radical (unpaired) electrons. The average molecular weight is 446 g/mol. The zero-order valence-electron chi connectivity index (χ0n) is 17.5. The Kier molecular flexibility index (Phi) is 6.73. The van der Waals surface area contributed by atoms with Crippen LogP contribution in [0.2, 0.25) is 5.02 Å². The first-order valence-electron chi connectivity index (χ1n) is 10.4. The van der Waals surface area contributed by atoms with E-state index in [0.717, 1.165) is 70.5 Å². The third-order valence-electron chi connectivity index (χ3n) is 5.61. The van der Waals surface area contributed by atoms with Gasteiger partial charge in [-0.05, 0) is 50.7 Å². The van der Waals surface area contributed by atoms with E-state index in [1.165, 1.54) is 11.3 Å². The summed E-state index contributed by atoms with van der Waals surface area (Å²) in [6, 6.07) is 9.76. The summed E-state index contributed by atoms with van der Waals surface area (Å²) in [6.45, 7) is 8.87. The van der Waals surface area contributed by atoms with Crippen molar-refractivity contribution in [3.8, 4) is 0 Å². The highest BCUT2D eigenvalue weighted by Crippen LogP contribution is 2.29. The van der Waals surface area contributed by atoms with Crippen LogP contribution in [-0.4, -0.2) is 71.8 Å². The molecule has 1 N–H and O–H groups in total. The summed E-state index contributed by atoms with van der Waals surface area (Å²) in [7, 11) is 2.17. The predicted octanol–water partition coefficient (Wildman–Crippen LogP) is 3.48. The van der Waals surface area contributed by atoms with Gasteiger partial charge >= 0.3 is 0 Å². The SMILES string of the molecule is Cc1nn(Cc2ccc(Cl)cc2)c2sc(C(=O)NCCCN3CCN(C)CC3)cc12. The first-order chi connectivity index (χ1) is 14.5. The lowest BCUT2D eigenvalue weighted by molar-refractivity contribution is 0.0953. The van der Waals surface area contributed by atoms with Crippen molar-refractivity contribution >= 4 is 39.1 Å². The van der Waals surface area contributed by atoms with Crippen LogP contribution >= 0.6 is 22.9 Å². The van der Waals surface area contributed by atoms with Gasteiger partial charge in [0.15, 0.2) is 0 Å². The lowest BCUT2D eigenvalue weighted by Crippen LogP contribution is -2.45. The van der Waals surface area contributed by atoms with Crippen molar-refractivity contribution in [2.45, 2.75) is 19.9 Å². The molecule has 4 rings (SSSR count). The van der Waals surface area contributed by atoms with E-state index in [2.05, 4.69) is 27.3 Å². The zero-order chi connectivity index (χ0) is 21.1. The Balaban J connectivity index is 1.34. The van der Waals surface area contributed by atoms with Gasteiger partial charge in [-0.25, -0.2) is 0 Å². The number of amides is 1. The molecule has 3 heterocycles. The highest BCUT2D eigenvalue weighted by Gasteiger charge is 2.17. The molecule has 8 heteroatoms.